The first-order valence-electron chi connectivity index (χ1n) is 7.26. The van der Waals surface area contributed by atoms with Crippen LogP contribution in [-0.4, -0.2) is 41.0 Å². The van der Waals surface area contributed by atoms with Crippen LogP contribution in [0.3, 0.4) is 0 Å². The zero-order valence-corrected chi connectivity index (χ0v) is 12.2. The molecule has 2 aliphatic heterocycles. The van der Waals surface area contributed by atoms with Gasteiger partial charge in [-0.3, -0.25) is 4.79 Å². The number of nitrogens with one attached hydrogen (secondary N) is 1. The Morgan fingerprint density at radius 3 is 3.16 bits per heavy atom. The summed E-state index contributed by atoms with van der Waals surface area (Å²) in [5.74, 6) is 0.175. The highest BCUT2D eigenvalue weighted by Gasteiger charge is 2.31. The van der Waals surface area contributed by atoms with Crippen LogP contribution in [0.4, 0.5) is 0 Å². The standard InChI is InChI=1S/C14H21N3OS/c1-2-3-13-15-8-12(19-13)14(18)17-7-6-10-4-5-11(9-17)16-10/h8,10-11,16H,2-7,9H2,1H3. The Hall–Kier alpha value is -0.940. The van der Waals surface area contributed by atoms with Crippen molar-refractivity contribution in [3.63, 3.8) is 0 Å². The van der Waals surface area contributed by atoms with Gasteiger partial charge in [0.2, 0.25) is 0 Å². The summed E-state index contributed by atoms with van der Waals surface area (Å²) >= 11 is 1.56. The largest absolute Gasteiger partial charge is 0.336 e. The van der Waals surface area contributed by atoms with Crippen molar-refractivity contribution in [2.24, 2.45) is 0 Å². The van der Waals surface area contributed by atoms with Crippen molar-refractivity contribution in [2.75, 3.05) is 13.1 Å². The van der Waals surface area contributed by atoms with Gasteiger partial charge >= 0.3 is 0 Å². The van der Waals surface area contributed by atoms with Crippen LogP contribution >= 0.6 is 11.3 Å². The van der Waals surface area contributed by atoms with Crippen LogP contribution in [-0.2, 0) is 6.42 Å². The molecule has 0 aliphatic carbocycles. The average Bonchev–Trinajstić information content (AvgIpc) is 2.96. The lowest BCUT2D eigenvalue weighted by atomic mass is 10.1. The first-order valence-corrected chi connectivity index (χ1v) is 8.08. The summed E-state index contributed by atoms with van der Waals surface area (Å²) < 4.78 is 0. The Balaban J connectivity index is 1.68. The first-order chi connectivity index (χ1) is 9.26. The number of aryl methyl sites for hydroxylation is 1. The highest BCUT2D eigenvalue weighted by Crippen LogP contribution is 2.23. The predicted molar refractivity (Wildman–Crippen MR) is 76.6 cm³/mol. The van der Waals surface area contributed by atoms with Crippen molar-refractivity contribution < 1.29 is 4.79 Å². The molecule has 104 valence electrons. The Morgan fingerprint density at radius 1 is 1.47 bits per heavy atom. The van der Waals surface area contributed by atoms with Gasteiger partial charge in [0, 0.05) is 25.2 Å². The fourth-order valence-electron chi connectivity index (χ4n) is 3.02. The van der Waals surface area contributed by atoms with Crippen LogP contribution in [0.2, 0.25) is 0 Å². The Morgan fingerprint density at radius 2 is 2.32 bits per heavy atom. The van der Waals surface area contributed by atoms with E-state index in [2.05, 4.69) is 17.2 Å². The van der Waals surface area contributed by atoms with Gasteiger partial charge in [0.1, 0.15) is 4.88 Å². The molecule has 2 aliphatic rings. The van der Waals surface area contributed by atoms with E-state index in [9.17, 15) is 4.79 Å². The maximum atomic E-state index is 12.5. The highest BCUT2D eigenvalue weighted by molar-refractivity contribution is 7.13. The van der Waals surface area contributed by atoms with Gasteiger partial charge in [-0.05, 0) is 32.1 Å². The van der Waals surface area contributed by atoms with Gasteiger partial charge < -0.3 is 10.2 Å². The van der Waals surface area contributed by atoms with Crippen molar-refractivity contribution in [3.8, 4) is 0 Å². The molecule has 19 heavy (non-hydrogen) atoms. The van der Waals surface area contributed by atoms with Gasteiger partial charge in [-0.15, -0.1) is 11.3 Å². The van der Waals surface area contributed by atoms with Gasteiger partial charge in [0.15, 0.2) is 0 Å². The summed E-state index contributed by atoms with van der Waals surface area (Å²) in [7, 11) is 0. The number of carbonyl (C=O) groups excluding carboxylic acids is 1. The average molecular weight is 279 g/mol. The monoisotopic (exact) mass is 279 g/mol. The lowest BCUT2D eigenvalue weighted by molar-refractivity contribution is 0.0753. The van der Waals surface area contributed by atoms with Crippen molar-refractivity contribution in [1.29, 1.82) is 0 Å². The number of carbonyl (C=O) groups is 1. The smallest absolute Gasteiger partial charge is 0.265 e. The SMILES string of the molecule is CCCc1ncc(C(=O)N2CCC3CCC(C2)N3)s1. The minimum atomic E-state index is 0.175. The van der Waals surface area contributed by atoms with E-state index in [1.54, 1.807) is 17.5 Å². The molecule has 1 aromatic rings. The van der Waals surface area contributed by atoms with E-state index in [0.717, 1.165) is 42.2 Å². The van der Waals surface area contributed by atoms with Gasteiger partial charge in [0.05, 0.1) is 11.2 Å². The van der Waals surface area contributed by atoms with Crippen molar-refractivity contribution in [3.05, 3.63) is 16.1 Å². The molecular formula is C14H21N3OS. The van der Waals surface area contributed by atoms with Crippen molar-refractivity contribution in [1.82, 2.24) is 15.2 Å². The fourth-order valence-corrected chi connectivity index (χ4v) is 4.01. The van der Waals surface area contributed by atoms with E-state index < -0.39 is 0 Å². The Bertz CT molecular complexity index is 459. The number of nitrogens with zero attached hydrogens (tertiary/aromatic N) is 2. The fraction of sp³-hybridized carbons (Fsp3) is 0.714. The number of hydrogen-bond acceptors (Lipinski definition) is 4. The van der Waals surface area contributed by atoms with E-state index in [4.69, 9.17) is 0 Å². The molecule has 0 spiro atoms. The third-order valence-corrected chi connectivity index (χ3v) is 5.08. The second kappa shape index (κ2) is 5.59. The Kier molecular flexibility index (Phi) is 3.84. The molecule has 2 fully saturated rings. The summed E-state index contributed by atoms with van der Waals surface area (Å²) in [6.07, 6.45) is 7.38. The number of aromatic nitrogens is 1. The summed E-state index contributed by atoms with van der Waals surface area (Å²) in [6, 6.07) is 1.12. The molecule has 2 atom stereocenters. The molecule has 2 saturated heterocycles. The maximum absolute atomic E-state index is 12.5. The lowest BCUT2D eigenvalue weighted by Crippen LogP contribution is -2.38. The summed E-state index contributed by atoms with van der Waals surface area (Å²) in [5, 5.41) is 4.69. The van der Waals surface area contributed by atoms with Crippen molar-refractivity contribution >= 4 is 17.2 Å². The van der Waals surface area contributed by atoms with E-state index in [-0.39, 0.29) is 5.91 Å². The summed E-state index contributed by atoms with van der Waals surface area (Å²) in [6.45, 7) is 3.88. The maximum Gasteiger partial charge on any atom is 0.265 e. The molecule has 1 aromatic heterocycles. The topological polar surface area (TPSA) is 45.2 Å². The number of fused-ring (bicyclic) bond motifs is 2. The number of likely N-dealkylation sites (tertiary alicyclic amines) is 1. The van der Waals surface area contributed by atoms with E-state index >= 15 is 0 Å². The van der Waals surface area contributed by atoms with Gasteiger partial charge in [-0.25, -0.2) is 4.98 Å². The molecule has 3 heterocycles. The third kappa shape index (κ3) is 2.82. The zero-order chi connectivity index (χ0) is 13.2. The molecule has 2 bridgehead atoms. The second-order valence-corrected chi connectivity index (χ2v) is 6.66. The third-order valence-electron chi connectivity index (χ3n) is 4.04. The highest BCUT2D eigenvalue weighted by atomic mass is 32.1. The predicted octanol–water partition coefficient (Wildman–Crippen LogP) is 2.06. The van der Waals surface area contributed by atoms with Gasteiger partial charge in [-0.1, -0.05) is 6.92 Å². The van der Waals surface area contributed by atoms with Gasteiger partial charge in [-0.2, -0.15) is 0 Å². The molecular weight excluding hydrogens is 258 g/mol. The number of rotatable bonds is 3. The normalized spacial score (nSPS) is 26.5. The van der Waals surface area contributed by atoms with Crippen LogP contribution in [0.25, 0.3) is 0 Å². The Labute approximate surface area is 118 Å². The van der Waals surface area contributed by atoms with Crippen LogP contribution in [0.1, 0.15) is 47.3 Å². The molecule has 1 N–H and O–H groups in total. The molecule has 3 rings (SSSR count). The molecule has 5 heteroatoms. The molecule has 0 saturated carbocycles. The molecule has 0 radical (unpaired) electrons. The number of amides is 1. The summed E-state index contributed by atoms with van der Waals surface area (Å²) in [5.41, 5.74) is 0. The number of thiazole rings is 1. The van der Waals surface area contributed by atoms with E-state index in [1.165, 1.54) is 12.8 Å². The zero-order valence-electron chi connectivity index (χ0n) is 11.4. The summed E-state index contributed by atoms with van der Waals surface area (Å²) in [4.78, 5) is 19.7. The minimum absolute atomic E-state index is 0.175. The number of hydrogen-bond donors (Lipinski definition) is 1. The molecule has 4 nitrogen and oxygen atoms in total. The lowest BCUT2D eigenvalue weighted by Gasteiger charge is -2.23. The molecule has 1 amide bonds. The minimum Gasteiger partial charge on any atom is -0.336 e. The molecule has 2 unspecified atom stereocenters. The first kappa shape index (κ1) is 13.1. The quantitative estimate of drug-likeness (QED) is 0.921. The van der Waals surface area contributed by atoms with E-state index in [1.807, 2.05) is 4.90 Å². The van der Waals surface area contributed by atoms with E-state index in [0.29, 0.717) is 12.1 Å². The van der Waals surface area contributed by atoms with Crippen LogP contribution in [0, 0.1) is 0 Å². The van der Waals surface area contributed by atoms with Gasteiger partial charge in [0.25, 0.3) is 5.91 Å². The molecule has 0 aromatic carbocycles. The van der Waals surface area contributed by atoms with Crippen LogP contribution < -0.4 is 5.32 Å². The van der Waals surface area contributed by atoms with Crippen LogP contribution in [0.5, 0.6) is 0 Å². The second-order valence-electron chi connectivity index (χ2n) is 5.55. The van der Waals surface area contributed by atoms with Crippen molar-refractivity contribution in [2.45, 2.75) is 51.1 Å². The van der Waals surface area contributed by atoms with Crippen LogP contribution in [0.15, 0.2) is 6.20 Å².